The first-order chi connectivity index (χ1) is 14.4. The average Bonchev–Trinajstić information content (AvgIpc) is 3.15. The molecule has 2 aromatic carbocycles. The fraction of sp³-hybridized carbons (Fsp3) is 0.261. The van der Waals surface area contributed by atoms with E-state index in [0.717, 1.165) is 28.5 Å². The number of benzene rings is 2. The number of anilines is 1. The molecule has 0 aliphatic heterocycles. The van der Waals surface area contributed by atoms with Crippen LogP contribution in [0.25, 0.3) is 11.0 Å². The van der Waals surface area contributed by atoms with Crippen molar-refractivity contribution in [2.24, 2.45) is 0 Å². The molecule has 0 fully saturated rings. The molecule has 7 heteroatoms. The smallest absolute Gasteiger partial charge is 0.337 e. The maximum atomic E-state index is 12.2. The van der Waals surface area contributed by atoms with Crippen molar-refractivity contribution in [1.29, 1.82) is 0 Å². The molecule has 30 heavy (non-hydrogen) atoms. The minimum Gasteiger partial charge on any atom is -0.465 e. The van der Waals surface area contributed by atoms with Crippen LogP contribution in [0.2, 0.25) is 0 Å². The summed E-state index contributed by atoms with van der Waals surface area (Å²) in [4.78, 5) is 36.0. The second-order valence-electron chi connectivity index (χ2n) is 6.85. The number of nitrogens with one attached hydrogen (secondary N) is 1. The molecule has 0 aliphatic carbocycles. The summed E-state index contributed by atoms with van der Waals surface area (Å²) in [5, 5.41) is 3.49. The van der Waals surface area contributed by atoms with Crippen LogP contribution in [-0.2, 0) is 31.9 Å². The van der Waals surface area contributed by atoms with Crippen molar-refractivity contribution in [2.45, 2.75) is 26.7 Å². The van der Waals surface area contributed by atoms with Gasteiger partial charge in [-0.3, -0.25) is 9.59 Å². The standard InChI is InChI=1S/C23H23NO6/c1-4-15-6-8-18-17(12-29-20(18)9-15)11-22(26)30-13-21(25)24-19-10-16(23(27)28-3)7-5-14(19)2/h5-10,12H,4,11,13H2,1-3H3,(H,24,25). The Morgan fingerprint density at radius 3 is 2.63 bits per heavy atom. The lowest BCUT2D eigenvalue weighted by molar-refractivity contribution is -0.146. The second-order valence-corrected chi connectivity index (χ2v) is 6.85. The number of fused-ring (bicyclic) bond motifs is 1. The average molecular weight is 409 g/mol. The molecule has 0 spiro atoms. The van der Waals surface area contributed by atoms with Gasteiger partial charge in [0.1, 0.15) is 5.58 Å². The fourth-order valence-corrected chi connectivity index (χ4v) is 3.02. The van der Waals surface area contributed by atoms with Crippen molar-refractivity contribution in [3.05, 3.63) is 64.9 Å². The molecule has 3 rings (SSSR count). The monoisotopic (exact) mass is 409 g/mol. The fourth-order valence-electron chi connectivity index (χ4n) is 3.02. The van der Waals surface area contributed by atoms with Gasteiger partial charge in [-0.1, -0.05) is 25.1 Å². The molecule has 7 nitrogen and oxygen atoms in total. The molecular formula is C23H23NO6. The van der Waals surface area contributed by atoms with Crippen molar-refractivity contribution < 1.29 is 28.3 Å². The molecule has 0 saturated carbocycles. The SMILES string of the molecule is CCc1ccc2c(CC(=O)OCC(=O)Nc3cc(C(=O)OC)ccc3C)coc2c1. The van der Waals surface area contributed by atoms with E-state index in [-0.39, 0.29) is 6.42 Å². The van der Waals surface area contributed by atoms with Crippen molar-refractivity contribution in [3.8, 4) is 0 Å². The largest absolute Gasteiger partial charge is 0.465 e. The number of ether oxygens (including phenoxy) is 2. The summed E-state index contributed by atoms with van der Waals surface area (Å²) in [5.74, 6) is -1.54. The Hall–Kier alpha value is -3.61. The number of aryl methyl sites for hydroxylation is 2. The molecule has 0 bridgehead atoms. The first-order valence-corrected chi connectivity index (χ1v) is 9.54. The van der Waals surface area contributed by atoms with E-state index in [1.54, 1.807) is 19.1 Å². The van der Waals surface area contributed by atoms with E-state index in [9.17, 15) is 14.4 Å². The maximum absolute atomic E-state index is 12.2. The minimum absolute atomic E-state index is 0.00258. The van der Waals surface area contributed by atoms with E-state index in [4.69, 9.17) is 9.15 Å². The lowest BCUT2D eigenvalue weighted by Crippen LogP contribution is -2.22. The quantitative estimate of drug-likeness (QED) is 0.596. The third kappa shape index (κ3) is 4.86. The Labute approximate surface area is 174 Å². The number of methoxy groups -OCH3 is 1. The molecule has 1 N–H and O–H groups in total. The molecule has 0 saturated heterocycles. The van der Waals surface area contributed by atoms with Crippen LogP contribution in [0.1, 0.15) is 34.0 Å². The Kier molecular flexibility index (Phi) is 6.51. The summed E-state index contributed by atoms with van der Waals surface area (Å²) in [6.45, 7) is 3.41. The van der Waals surface area contributed by atoms with Gasteiger partial charge in [0.25, 0.3) is 5.91 Å². The zero-order chi connectivity index (χ0) is 21.7. The van der Waals surface area contributed by atoms with E-state index >= 15 is 0 Å². The van der Waals surface area contributed by atoms with Crippen molar-refractivity contribution in [2.75, 3.05) is 19.0 Å². The summed E-state index contributed by atoms with van der Waals surface area (Å²) >= 11 is 0. The van der Waals surface area contributed by atoms with Gasteiger partial charge in [0.15, 0.2) is 6.61 Å². The number of carbonyl (C=O) groups is 3. The van der Waals surface area contributed by atoms with Gasteiger partial charge in [0.05, 0.1) is 25.4 Å². The Morgan fingerprint density at radius 1 is 1.10 bits per heavy atom. The van der Waals surface area contributed by atoms with Gasteiger partial charge in [-0.25, -0.2) is 4.79 Å². The third-order valence-corrected chi connectivity index (χ3v) is 4.76. The topological polar surface area (TPSA) is 94.8 Å². The van der Waals surface area contributed by atoms with E-state index in [1.807, 2.05) is 18.2 Å². The molecule has 1 heterocycles. The number of carbonyl (C=O) groups excluding carboxylic acids is 3. The highest BCUT2D eigenvalue weighted by Crippen LogP contribution is 2.23. The third-order valence-electron chi connectivity index (χ3n) is 4.76. The summed E-state index contributed by atoms with van der Waals surface area (Å²) in [7, 11) is 1.28. The van der Waals surface area contributed by atoms with Gasteiger partial charge >= 0.3 is 11.9 Å². The van der Waals surface area contributed by atoms with E-state index in [2.05, 4.69) is 17.0 Å². The van der Waals surface area contributed by atoms with E-state index in [0.29, 0.717) is 16.8 Å². The van der Waals surface area contributed by atoms with Crippen LogP contribution in [0.3, 0.4) is 0 Å². The second kappa shape index (κ2) is 9.26. The molecule has 0 radical (unpaired) electrons. The summed E-state index contributed by atoms with van der Waals surface area (Å²) < 4.78 is 15.3. The number of hydrogen-bond acceptors (Lipinski definition) is 6. The zero-order valence-electron chi connectivity index (χ0n) is 17.1. The molecule has 3 aromatic rings. The molecule has 0 aliphatic rings. The van der Waals surface area contributed by atoms with Crippen LogP contribution in [-0.4, -0.2) is 31.6 Å². The Balaban J connectivity index is 1.57. The first kappa shape index (κ1) is 21.1. The molecule has 1 amide bonds. The highest BCUT2D eigenvalue weighted by molar-refractivity contribution is 5.96. The van der Waals surface area contributed by atoms with Crippen molar-refractivity contribution in [3.63, 3.8) is 0 Å². The van der Waals surface area contributed by atoms with Crippen LogP contribution in [0.15, 0.2) is 47.1 Å². The van der Waals surface area contributed by atoms with Gasteiger partial charge < -0.3 is 19.2 Å². The van der Waals surface area contributed by atoms with Crippen molar-refractivity contribution >= 4 is 34.5 Å². The molecular weight excluding hydrogens is 386 g/mol. The highest BCUT2D eigenvalue weighted by atomic mass is 16.5. The highest BCUT2D eigenvalue weighted by Gasteiger charge is 2.15. The zero-order valence-corrected chi connectivity index (χ0v) is 17.1. The number of furan rings is 1. The molecule has 0 atom stereocenters. The van der Waals surface area contributed by atoms with E-state index < -0.39 is 24.5 Å². The van der Waals surface area contributed by atoms with Crippen molar-refractivity contribution in [1.82, 2.24) is 0 Å². The lowest BCUT2D eigenvalue weighted by atomic mass is 10.1. The first-order valence-electron chi connectivity index (χ1n) is 9.54. The number of esters is 2. The van der Waals surface area contributed by atoms with Crippen LogP contribution in [0.4, 0.5) is 5.69 Å². The minimum atomic E-state index is -0.535. The van der Waals surface area contributed by atoms with Gasteiger partial charge in [-0.05, 0) is 42.7 Å². The normalized spacial score (nSPS) is 10.6. The summed E-state index contributed by atoms with van der Waals surface area (Å²) in [5.41, 5.74) is 4.10. The van der Waals surface area contributed by atoms with Crippen LogP contribution < -0.4 is 5.32 Å². The van der Waals surface area contributed by atoms with Gasteiger partial charge in [-0.2, -0.15) is 0 Å². The van der Waals surface area contributed by atoms with Crippen LogP contribution in [0, 0.1) is 6.92 Å². The van der Waals surface area contributed by atoms with Crippen LogP contribution >= 0.6 is 0 Å². The summed E-state index contributed by atoms with van der Waals surface area (Å²) in [6.07, 6.45) is 2.43. The Morgan fingerprint density at radius 2 is 1.90 bits per heavy atom. The lowest BCUT2D eigenvalue weighted by Gasteiger charge is -2.10. The Bertz CT molecular complexity index is 1100. The number of rotatable bonds is 7. The molecule has 156 valence electrons. The predicted molar refractivity (Wildman–Crippen MR) is 111 cm³/mol. The predicted octanol–water partition coefficient (Wildman–Crippen LogP) is 3.81. The van der Waals surface area contributed by atoms with Gasteiger partial charge in [-0.15, -0.1) is 0 Å². The van der Waals surface area contributed by atoms with Gasteiger partial charge in [0, 0.05) is 16.6 Å². The van der Waals surface area contributed by atoms with Crippen LogP contribution in [0.5, 0.6) is 0 Å². The molecule has 0 unspecified atom stereocenters. The summed E-state index contributed by atoms with van der Waals surface area (Å²) in [6, 6.07) is 10.7. The number of hydrogen-bond donors (Lipinski definition) is 1. The molecule has 1 aromatic heterocycles. The van der Waals surface area contributed by atoms with Gasteiger partial charge in [0.2, 0.25) is 0 Å². The number of amides is 1. The maximum Gasteiger partial charge on any atom is 0.337 e. The van der Waals surface area contributed by atoms with E-state index in [1.165, 1.54) is 19.4 Å².